The lowest BCUT2D eigenvalue weighted by atomic mass is 10.2. The summed E-state index contributed by atoms with van der Waals surface area (Å²) in [7, 11) is 1.51. The van der Waals surface area contributed by atoms with Crippen molar-refractivity contribution in [1.82, 2.24) is 18.7 Å². The minimum atomic E-state index is -0.312. The molecule has 0 saturated carbocycles. The van der Waals surface area contributed by atoms with Crippen molar-refractivity contribution in [1.29, 1.82) is 0 Å². The topological polar surface area (TPSA) is 87.8 Å². The monoisotopic (exact) mass is 293 g/mol. The molecule has 0 amide bonds. The summed E-state index contributed by atoms with van der Waals surface area (Å²) < 4.78 is 4.57. The molecule has 0 unspecified atom stereocenters. The van der Waals surface area contributed by atoms with Crippen LogP contribution in [-0.2, 0) is 20.1 Å². The predicted octanol–water partition coefficient (Wildman–Crippen LogP) is 0.292. The lowest BCUT2D eigenvalue weighted by molar-refractivity contribution is 0.499. The van der Waals surface area contributed by atoms with Crippen LogP contribution in [0.5, 0.6) is 0 Å². The van der Waals surface area contributed by atoms with Crippen LogP contribution in [0.15, 0.2) is 15.9 Å². The van der Waals surface area contributed by atoms with E-state index in [4.69, 9.17) is 5.73 Å². The molecule has 0 aliphatic carbocycles. The van der Waals surface area contributed by atoms with E-state index >= 15 is 0 Å². The summed E-state index contributed by atoms with van der Waals surface area (Å²) in [6, 6.07) is 0. The van der Waals surface area contributed by atoms with Crippen LogP contribution < -0.4 is 17.0 Å². The van der Waals surface area contributed by atoms with Gasteiger partial charge in [-0.15, -0.1) is 0 Å². The highest BCUT2D eigenvalue weighted by molar-refractivity contribution is 5.70. The number of nitrogens with two attached hydrogens (primary N) is 1. The number of unbranched alkanes of at least 4 members (excludes halogenated alkanes) is 1. The van der Waals surface area contributed by atoms with Gasteiger partial charge in [0.15, 0.2) is 11.2 Å². The third-order valence-corrected chi connectivity index (χ3v) is 3.50. The quantitative estimate of drug-likeness (QED) is 0.775. The second-order valence-electron chi connectivity index (χ2n) is 5.76. The molecular formula is C14H23N5O2. The SMILES string of the molecule is CC(C)Cn1c(=O)n(C)c(=O)c2c1ncn2CCCCN. The van der Waals surface area contributed by atoms with Gasteiger partial charge in [-0.05, 0) is 25.3 Å². The molecule has 0 aliphatic rings. The van der Waals surface area contributed by atoms with Gasteiger partial charge in [-0.1, -0.05) is 13.8 Å². The highest BCUT2D eigenvalue weighted by Crippen LogP contribution is 2.09. The van der Waals surface area contributed by atoms with Crippen LogP contribution in [0, 0.1) is 5.92 Å². The van der Waals surface area contributed by atoms with Crippen LogP contribution >= 0.6 is 0 Å². The van der Waals surface area contributed by atoms with Crippen LogP contribution in [0.3, 0.4) is 0 Å². The first-order valence-corrected chi connectivity index (χ1v) is 7.32. The molecular weight excluding hydrogens is 270 g/mol. The second-order valence-corrected chi connectivity index (χ2v) is 5.76. The summed E-state index contributed by atoms with van der Waals surface area (Å²) in [4.78, 5) is 28.9. The summed E-state index contributed by atoms with van der Waals surface area (Å²) in [6.45, 7) is 5.91. The molecule has 2 aromatic rings. The molecule has 0 bridgehead atoms. The zero-order valence-corrected chi connectivity index (χ0v) is 12.9. The van der Waals surface area contributed by atoms with Crippen LogP contribution in [0.2, 0.25) is 0 Å². The molecule has 21 heavy (non-hydrogen) atoms. The number of imidazole rings is 1. The standard InChI is InChI=1S/C14H23N5O2/c1-10(2)8-19-12-11(13(20)17(3)14(19)21)18(9-16-12)7-5-4-6-15/h9-10H,4-8,15H2,1-3H3. The van der Waals surface area contributed by atoms with E-state index in [-0.39, 0.29) is 11.2 Å². The molecule has 0 fully saturated rings. The van der Waals surface area contributed by atoms with Gasteiger partial charge in [-0.2, -0.15) is 0 Å². The Labute approximate surface area is 123 Å². The van der Waals surface area contributed by atoms with Crippen LogP contribution in [0.4, 0.5) is 0 Å². The van der Waals surface area contributed by atoms with E-state index in [1.54, 1.807) is 10.9 Å². The molecule has 0 aliphatic heterocycles. The van der Waals surface area contributed by atoms with Crippen LogP contribution in [-0.4, -0.2) is 25.2 Å². The van der Waals surface area contributed by atoms with Crippen molar-refractivity contribution in [3.05, 3.63) is 27.2 Å². The smallest absolute Gasteiger partial charge is 0.330 e. The summed E-state index contributed by atoms with van der Waals surface area (Å²) in [5.74, 6) is 0.297. The molecule has 116 valence electrons. The third-order valence-electron chi connectivity index (χ3n) is 3.50. The molecule has 0 radical (unpaired) electrons. The number of rotatable bonds is 6. The summed E-state index contributed by atoms with van der Waals surface area (Å²) in [5.41, 5.74) is 5.87. The van der Waals surface area contributed by atoms with E-state index in [1.165, 1.54) is 7.05 Å². The largest absolute Gasteiger partial charge is 0.332 e. The number of nitrogens with zero attached hydrogens (tertiary/aromatic N) is 4. The molecule has 7 nitrogen and oxygen atoms in total. The Balaban J connectivity index is 2.60. The Hall–Kier alpha value is -1.89. The molecule has 2 N–H and O–H groups in total. The van der Waals surface area contributed by atoms with E-state index in [2.05, 4.69) is 4.98 Å². The molecule has 0 aromatic carbocycles. The van der Waals surface area contributed by atoms with Crippen molar-refractivity contribution in [2.45, 2.75) is 39.8 Å². The van der Waals surface area contributed by atoms with E-state index in [0.717, 1.165) is 17.4 Å². The number of hydrogen-bond donors (Lipinski definition) is 1. The summed E-state index contributed by atoms with van der Waals surface area (Å²) in [6.07, 6.45) is 3.42. The molecule has 0 saturated heterocycles. The Kier molecular flexibility index (Phi) is 4.62. The average Bonchev–Trinajstić information content (AvgIpc) is 2.85. The van der Waals surface area contributed by atoms with Crippen LogP contribution in [0.1, 0.15) is 26.7 Å². The average molecular weight is 293 g/mol. The van der Waals surface area contributed by atoms with Crippen molar-refractivity contribution in [2.75, 3.05) is 6.54 Å². The predicted molar refractivity (Wildman–Crippen MR) is 82.4 cm³/mol. The van der Waals surface area contributed by atoms with Gasteiger partial charge >= 0.3 is 5.69 Å². The minimum Gasteiger partial charge on any atom is -0.330 e. The lowest BCUT2D eigenvalue weighted by Gasteiger charge is -2.11. The molecule has 2 aromatic heterocycles. The molecule has 0 spiro atoms. The Morgan fingerprint density at radius 1 is 1.29 bits per heavy atom. The maximum absolute atomic E-state index is 12.4. The zero-order valence-electron chi connectivity index (χ0n) is 12.9. The van der Waals surface area contributed by atoms with Gasteiger partial charge in [0.2, 0.25) is 0 Å². The zero-order chi connectivity index (χ0) is 15.6. The first kappa shape index (κ1) is 15.5. The van der Waals surface area contributed by atoms with E-state index in [1.807, 2.05) is 18.4 Å². The van der Waals surface area contributed by atoms with Crippen LogP contribution in [0.25, 0.3) is 11.2 Å². The van der Waals surface area contributed by atoms with Gasteiger partial charge in [-0.3, -0.25) is 13.9 Å². The molecule has 2 heterocycles. The molecule has 2 rings (SSSR count). The van der Waals surface area contributed by atoms with Gasteiger partial charge in [-0.25, -0.2) is 9.78 Å². The number of fused-ring (bicyclic) bond motifs is 1. The number of aryl methyl sites for hydroxylation is 1. The van der Waals surface area contributed by atoms with Crippen molar-refractivity contribution in [2.24, 2.45) is 18.7 Å². The first-order chi connectivity index (χ1) is 9.97. The minimum absolute atomic E-state index is 0.291. The van der Waals surface area contributed by atoms with Gasteiger partial charge in [0, 0.05) is 20.1 Å². The van der Waals surface area contributed by atoms with Crippen molar-refractivity contribution < 1.29 is 0 Å². The number of hydrogen-bond acceptors (Lipinski definition) is 4. The lowest BCUT2D eigenvalue weighted by Crippen LogP contribution is -2.39. The summed E-state index contributed by atoms with van der Waals surface area (Å²) in [5, 5.41) is 0. The second kappa shape index (κ2) is 6.26. The van der Waals surface area contributed by atoms with E-state index in [0.29, 0.717) is 36.7 Å². The highest BCUT2D eigenvalue weighted by atomic mass is 16.2. The van der Waals surface area contributed by atoms with Gasteiger partial charge in [0.05, 0.1) is 6.33 Å². The fourth-order valence-corrected chi connectivity index (χ4v) is 2.43. The maximum Gasteiger partial charge on any atom is 0.332 e. The number of aromatic nitrogens is 4. The molecule has 7 heteroatoms. The summed E-state index contributed by atoms with van der Waals surface area (Å²) >= 11 is 0. The Bertz CT molecular complexity index is 738. The van der Waals surface area contributed by atoms with E-state index in [9.17, 15) is 9.59 Å². The van der Waals surface area contributed by atoms with Gasteiger partial charge in [0.25, 0.3) is 5.56 Å². The Morgan fingerprint density at radius 3 is 2.62 bits per heavy atom. The van der Waals surface area contributed by atoms with Crippen molar-refractivity contribution in [3.63, 3.8) is 0 Å². The Morgan fingerprint density at radius 2 is 2.00 bits per heavy atom. The first-order valence-electron chi connectivity index (χ1n) is 7.32. The highest BCUT2D eigenvalue weighted by Gasteiger charge is 2.16. The third kappa shape index (κ3) is 2.92. The fourth-order valence-electron chi connectivity index (χ4n) is 2.43. The normalized spacial score (nSPS) is 11.7. The van der Waals surface area contributed by atoms with Crippen molar-refractivity contribution in [3.8, 4) is 0 Å². The van der Waals surface area contributed by atoms with Crippen molar-refractivity contribution >= 4 is 11.2 Å². The molecule has 0 atom stereocenters. The van der Waals surface area contributed by atoms with E-state index < -0.39 is 0 Å². The maximum atomic E-state index is 12.4. The fraction of sp³-hybridized carbons (Fsp3) is 0.643. The van der Waals surface area contributed by atoms with Gasteiger partial charge in [0.1, 0.15) is 0 Å². The van der Waals surface area contributed by atoms with Gasteiger partial charge < -0.3 is 10.3 Å².